The van der Waals surface area contributed by atoms with E-state index in [0.29, 0.717) is 29.7 Å². The highest BCUT2D eigenvalue weighted by Gasteiger charge is 2.73. The molecular weight excluding hydrogens is 392 g/mol. The second-order valence-electron chi connectivity index (χ2n) is 9.38. The van der Waals surface area contributed by atoms with Gasteiger partial charge in [-0.1, -0.05) is 51.1 Å². The Morgan fingerprint density at radius 2 is 1.74 bits per heavy atom. The molecule has 0 aliphatic heterocycles. The average Bonchev–Trinajstić information content (AvgIpc) is 3.06. The second-order valence-corrected chi connectivity index (χ2v) is 9.38. The van der Waals surface area contributed by atoms with Crippen molar-refractivity contribution in [2.75, 3.05) is 0 Å². The number of rotatable bonds is 4. The standard InChI is InChI=1S/C24H24N4O3/c1-22(2)23(3)11-12-24(22,21(29)25-14-15-7-5-4-6-8-15)20-19(23)26-17-10-9-16(28(30)31)13-18(17)27-20/h4-10,13H,11-12,14H2,1-3H3,(H,25,29). The molecule has 1 amide bonds. The number of aromatic nitrogens is 2. The van der Waals surface area contributed by atoms with Gasteiger partial charge in [0.05, 0.1) is 32.8 Å². The van der Waals surface area contributed by atoms with Gasteiger partial charge in [0.15, 0.2) is 0 Å². The minimum atomic E-state index is -0.822. The first-order valence-corrected chi connectivity index (χ1v) is 10.5. The molecule has 2 aliphatic carbocycles. The quantitative estimate of drug-likeness (QED) is 0.508. The Labute approximate surface area is 180 Å². The van der Waals surface area contributed by atoms with Crippen LogP contribution >= 0.6 is 0 Å². The summed E-state index contributed by atoms with van der Waals surface area (Å²) < 4.78 is 0. The van der Waals surface area contributed by atoms with Crippen molar-refractivity contribution >= 4 is 22.6 Å². The molecule has 0 radical (unpaired) electrons. The number of nitrogens with zero attached hydrogens (tertiary/aromatic N) is 3. The Kier molecular flexibility index (Phi) is 4.00. The zero-order valence-corrected chi connectivity index (χ0v) is 17.8. The van der Waals surface area contributed by atoms with Gasteiger partial charge in [0.25, 0.3) is 5.69 Å². The summed E-state index contributed by atoms with van der Waals surface area (Å²) in [4.78, 5) is 34.3. The maximum Gasteiger partial charge on any atom is 0.271 e. The van der Waals surface area contributed by atoms with Gasteiger partial charge in [-0.2, -0.15) is 0 Å². The normalized spacial score (nSPS) is 25.4. The summed E-state index contributed by atoms with van der Waals surface area (Å²) in [6.07, 6.45) is 1.53. The number of fused-ring (bicyclic) bond motifs is 6. The van der Waals surface area contributed by atoms with E-state index in [4.69, 9.17) is 9.97 Å². The van der Waals surface area contributed by atoms with E-state index in [9.17, 15) is 14.9 Å². The molecule has 31 heavy (non-hydrogen) atoms. The van der Waals surface area contributed by atoms with E-state index in [-0.39, 0.29) is 17.0 Å². The maximum absolute atomic E-state index is 13.7. The number of hydrogen-bond donors (Lipinski definition) is 1. The molecule has 2 aliphatic rings. The van der Waals surface area contributed by atoms with Crippen molar-refractivity contribution in [2.24, 2.45) is 5.41 Å². The molecule has 1 heterocycles. The fourth-order valence-corrected chi connectivity index (χ4v) is 5.63. The van der Waals surface area contributed by atoms with Crippen molar-refractivity contribution in [1.29, 1.82) is 0 Å². The first-order valence-electron chi connectivity index (χ1n) is 10.5. The van der Waals surface area contributed by atoms with E-state index in [1.54, 1.807) is 6.07 Å². The fraction of sp³-hybridized carbons (Fsp3) is 0.375. The summed E-state index contributed by atoms with van der Waals surface area (Å²) >= 11 is 0. The Hall–Kier alpha value is -3.35. The fourth-order valence-electron chi connectivity index (χ4n) is 5.63. The number of carbonyl (C=O) groups is 1. The summed E-state index contributed by atoms with van der Waals surface area (Å²) in [6, 6.07) is 14.4. The lowest BCUT2D eigenvalue weighted by Gasteiger charge is -2.39. The Morgan fingerprint density at radius 3 is 2.45 bits per heavy atom. The number of benzene rings is 2. The molecule has 1 saturated carbocycles. The van der Waals surface area contributed by atoms with Crippen LogP contribution < -0.4 is 5.32 Å². The molecule has 0 saturated heterocycles. The summed E-state index contributed by atoms with van der Waals surface area (Å²) in [6.45, 7) is 6.85. The lowest BCUT2D eigenvalue weighted by atomic mass is 9.63. The highest BCUT2D eigenvalue weighted by atomic mass is 16.6. The van der Waals surface area contributed by atoms with E-state index in [0.717, 1.165) is 17.7 Å². The summed E-state index contributed by atoms with van der Waals surface area (Å²) in [5.41, 5.74) is 2.08. The molecule has 2 atom stereocenters. The molecule has 2 unspecified atom stereocenters. The molecule has 7 heteroatoms. The zero-order chi connectivity index (χ0) is 22.0. The summed E-state index contributed by atoms with van der Waals surface area (Å²) in [7, 11) is 0. The molecule has 0 spiro atoms. The third-order valence-corrected chi connectivity index (χ3v) is 7.92. The van der Waals surface area contributed by atoms with E-state index in [1.165, 1.54) is 12.1 Å². The van der Waals surface area contributed by atoms with Crippen molar-refractivity contribution in [3.63, 3.8) is 0 Å². The largest absolute Gasteiger partial charge is 0.351 e. The third kappa shape index (κ3) is 2.43. The van der Waals surface area contributed by atoms with Crippen LogP contribution in [0.2, 0.25) is 0 Å². The minimum Gasteiger partial charge on any atom is -0.351 e. The van der Waals surface area contributed by atoms with Crippen LogP contribution in [-0.4, -0.2) is 20.8 Å². The van der Waals surface area contributed by atoms with E-state index in [1.807, 2.05) is 30.3 Å². The van der Waals surface area contributed by atoms with Gasteiger partial charge in [0.1, 0.15) is 0 Å². The zero-order valence-electron chi connectivity index (χ0n) is 17.8. The lowest BCUT2D eigenvalue weighted by molar-refractivity contribution is -0.384. The Balaban J connectivity index is 1.64. The Morgan fingerprint density at radius 1 is 1.03 bits per heavy atom. The predicted molar refractivity (Wildman–Crippen MR) is 117 cm³/mol. The van der Waals surface area contributed by atoms with Crippen molar-refractivity contribution in [3.8, 4) is 0 Å². The van der Waals surface area contributed by atoms with Crippen LogP contribution in [0.15, 0.2) is 48.5 Å². The van der Waals surface area contributed by atoms with Gasteiger partial charge in [0.2, 0.25) is 5.91 Å². The molecule has 1 N–H and O–H groups in total. The molecule has 7 nitrogen and oxygen atoms in total. The van der Waals surface area contributed by atoms with Crippen LogP contribution in [0.3, 0.4) is 0 Å². The summed E-state index contributed by atoms with van der Waals surface area (Å²) in [5, 5.41) is 14.4. The number of carbonyl (C=O) groups excluding carboxylic acids is 1. The second kappa shape index (κ2) is 6.33. The van der Waals surface area contributed by atoms with Crippen molar-refractivity contribution in [1.82, 2.24) is 15.3 Å². The number of non-ortho nitro benzene ring substituents is 1. The first-order chi connectivity index (χ1) is 14.7. The van der Waals surface area contributed by atoms with Crippen LogP contribution in [-0.2, 0) is 22.2 Å². The summed E-state index contributed by atoms with van der Waals surface area (Å²) in [5.74, 6) is -0.0529. The van der Waals surface area contributed by atoms with E-state index >= 15 is 0 Å². The number of nitrogens with one attached hydrogen (secondary N) is 1. The molecule has 1 fully saturated rings. The van der Waals surface area contributed by atoms with Crippen LogP contribution in [0.5, 0.6) is 0 Å². The monoisotopic (exact) mass is 416 g/mol. The van der Waals surface area contributed by atoms with Gasteiger partial charge < -0.3 is 5.32 Å². The average molecular weight is 416 g/mol. The van der Waals surface area contributed by atoms with Crippen LogP contribution in [0.1, 0.15) is 50.6 Å². The number of amides is 1. The lowest BCUT2D eigenvalue weighted by Crippen LogP contribution is -2.51. The minimum absolute atomic E-state index is 0.0297. The van der Waals surface area contributed by atoms with Gasteiger partial charge in [-0.3, -0.25) is 14.9 Å². The van der Waals surface area contributed by atoms with E-state index < -0.39 is 15.8 Å². The van der Waals surface area contributed by atoms with Gasteiger partial charge in [-0.05, 0) is 29.9 Å². The molecule has 158 valence electrons. The van der Waals surface area contributed by atoms with Crippen molar-refractivity contribution in [2.45, 2.75) is 51.0 Å². The van der Waals surface area contributed by atoms with Gasteiger partial charge in [-0.15, -0.1) is 0 Å². The van der Waals surface area contributed by atoms with Gasteiger partial charge in [0, 0.05) is 24.1 Å². The molecule has 5 rings (SSSR count). The predicted octanol–water partition coefficient (Wildman–Crippen LogP) is 4.18. The SMILES string of the molecule is CC12CCC(C(=O)NCc3ccccc3)(c3nc4cc([N+](=O)[O-])ccc4nc31)C2(C)C. The topological polar surface area (TPSA) is 98.0 Å². The van der Waals surface area contributed by atoms with Crippen molar-refractivity contribution < 1.29 is 9.72 Å². The third-order valence-electron chi connectivity index (χ3n) is 7.92. The number of nitro groups is 1. The molecular formula is C24H24N4O3. The highest BCUT2D eigenvalue weighted by Crippen LogP contribution is 2.70. The number of nitro benzene ring substituents is 1. The van der Waals surface area contributed by atoms with Crippen LogP contribution in [0.4, 0.5) is 5.69 Å². The molecule has 2 aromatic carbocycles. The van der Waals surface area contributed by atoms with E-state index in [2.05, 4.69) is 26.1 Å². The van der Waals surface area contributed by atoms with Gasteiger partial charge >= 0.3 is 0 Å². The number of hydrogen-bond acceptors (Lipinski definition) is 5. The Bertz CT molecular complexity index is 1240. The smallest absolute Gasteiger partial charge is 0.271 e. The molecule has 2 bridgehead atoms. The van der Waals surface area contributed by atoms with Crippen LogP contribution in [0, 0.1) is 15.5 Å². The van der Waals surface area contributed by atoms with Crippen LogP contribution in [0.25, 0.3) is 11.0 Å². The van der Waals surface area contributed by atoms with Crippen molar-refractivity contribution in [3.05, 3.63) is 75.6 Å². The highest BCUT2D eigenvalue weighted by molar-refractivity contribution is 5.93. The molecule has 1 aromatic heterocycles. The first kappa shape index (κ1) is 19.6. The maximum atomic E-state index is 13.7. The van der Waals surface area contributed by atoms with Gasteiger partial charge in [-0.25, -0.2) is 9.97 Å². The molecule has 3 aromatic rings.